The van der Waals surface area contributed by atoms with Crippen LogP contribution in [0.5, 0.6) is 5.75 Å². The van der Waals surface area contributed by atoms with Gasteiger partial charge in [0.15, 0.2) is 0 Å². The molecule has 1 heterocycles. The molecular weight excluding hydrogens is 340 g/mol. The van der Waals surface area contributed by atoms with Gasteiger partial charge in [0.1, 0.15) is 18.5 Å². The third kappa shape index (κ3) is 5.95. The summed E-state index contributed by atoms with van der Waals surface area (Å²) in [5.74, 6) is 0.802. The summed E-state index contributed by atoms with van der Waals surface area (Å²) in [6.45, 7) is 9.30. The first-order valence-electron chi connectivity index (χ1n) is 8.65. The summed E-state index contributed by atoms with van der Waals surface area (Å²) in [6.07, 6.45) is 0.621. The Bertz CT molecular complexity index is 662. The minimum absolute atomic E-state index is 0.0243. The Morgan fingerprint density at radius 3 is 2.32 bits per heavy atom. The standard InChI is InChI=1S/C18H30N2O4S/c1-18(2,3)16-7-5-6-8-17(16)24-14-15(21)13-19-9-11-20(12-10-19)25(4,22)23/h5-8,15,21H,9-14H2,1-4H3/t15-/m0/s1. The fourth-order valence-electron chi connectivity index (χ4n) is 2.99. The number of sulfonamides is 1. The van der Waals surface area contributed by atoms with Crippen LogP contribution >= 0.6 is 0 Å². The number of β-amino-alcohol motifs (C(OH)–C–C–N with tert-alkyl or cyclic N) is 1. The average molecular weight is 371 g/mol. The van der Waals surface area contributed by atoms with Crippen molar-refractivity contribution in [2.24, 2.45) is 0 Å². The topological polar surface area (TPSA) is 70.1 Å². The van der Waals surface area contributed by atoms with E-state index in [0.29, 0.717) is 32.7 Å². The number of rotatable bonds is 6. The van der Waals surface area contributed by atoms with E-state index in [4.69, 9.17) is 4.74 Å². The Kier molecular flexibility index (Phi) is 6.48. The first kappa shape index (κ1) is 20.2. The van der Waals surface area contributed by atoms with Crippen LogP contribution in [0.3, 0.4) is 0 Å². The maximum Gasteiger partial charge on any atom is 0.211 e. The Labute approximate surface area is 151 Å². The average Bonchev–Trinajstić information content (AvgIpc) is 2.52. The number of hydrogen-bond acceptors (Lipinski definition) is 5. The fourth-order valence-corrected chi connectivity index (χ4v) is 3.82. The first-order chi connectivity index (χ1) is 11.6. The molecule has 0 amide bonds. The molecule has 25 heavy (non-hydrogen) atoms. The monoisotopic (exact) mass is 370 g/mol. The lowest BCUT2D eigenvalue weighted by Gasteiger charge is -2.34. The molecule has 1 aliphatic heterocycles. The zero-order valence-corrected chi connectivity index (χ0v) is 16.4. The second kappa shape index (κ2) is 8.03. The Morgan fingerprint density at radius 2 is 1.76 bits per heavy atom. The van der Waals surface area contributed by atoms with E-state index in [1.165, 1.54) is 10.6 Å². The van der Waals surface area contributed by atoms with Gasteiger partial charge in [-0.25, -0.2) is 8.42 Å². The number of hydrogen-bond donors (Lipinski definition) is 1. The summed E-state index contributed by atoms with van der Waals surface area (Å²) in [5.41, 5.74) is 1.09. The lowest BCUT2D eigenvalue weighted by molar-refractivity contribution is 0.0564. The predicted octanol–water partition coefficient (Wildman–Crippen LogP) is 1.30. The van der Waals surface area contributed by atoms with E-state index in [0.717, 1.165) is 11.3 Å². The van der Waals surface area contributed by atoms with Crippen LogP contribution in [0.2, 0.25) is 0 Å². The molecule has 1 N–H and O–H groups in total. The lowest BCUT2D eigenvalue weighted by Crippen LogP contribution is -2.50. The van der Waals surface area contributed by atoms with Crippen molar-refractivity contribution in [3.05, 3.63) is 29.8 Å². The molecule has 0 aromatic heterocycles. The van der Waals surface area contributed by atoms with E-state index in [1.54, 1.807) is 0 Å². The summed E-state index contributed by atoms with van der Waals surface area (Å²) < 4.78 is 30.4. The van der Waals surface area contributed by atoms with Gasteiger partial charge in [-0.1, -0.05) is 39.0 Å². The molecule has 1 aliphatic rings. The minimum Gasteiger partial charge on any atom is -0.491 e. The van der Waals surface area contributed by atoms with Gasteiger partial charge >= 0.3 is 0 Å². The zero-order chi connectivity index (χ0) is 18.7. The number of aliphatic hydroxyl groups excluding tert-OH is 1. The van der Waals surface area contributed by atoms with Crippen molar-refractivity contribution >= 4 is 10.0 Å². The zero-order valence-electron chi connectivity index (χ0n) is 15.6. The summed E-state index contributed by atoms with van der Waals surface area (Å²) in [5, 5.41) is 10.3. The largest absolute Gasteiger partial charge is 0.491 e. The summed E-state index contributed by atoms with van der Waals surface area (Å²) in [4.78, 5) is 2.07. The molecule has 1 atom stereocenters. The molecule has 0 aliphatic carbocycles. The third-order valence-corrected chi connectivity index (χ3v) is 5.70. The van der Waals surface area contributed by atoms with Crippen molar-refractivity contribution in [3.63, 3.8) is 0 Å². The van der Waals surface area contributed by atoms with Crippen molar-refractivity contribution in [1.82, 2.24) is 9.21 Å². The van der Waals surface area contributed by atoms with Crippen LogP contribution in [0.4, 0.5) is 0 Å². The molecule has 7 heteroatoms. The molecule has 0 bridgehead atoms. The number of ether oxygens (including phenoxy) is 1. The molecule has 6 nitrogen and oxygen atoms in total. The van der Waals surface area contributed by atoms with E-state index in [2.05, 4.69) is 25.7 Å². The van der Waals surface area contributed by atoms with E-state index in [-0.39, 0.29) is 12.0 Å². The number of aliphatic hydroxyl groups is 1. The summed E-state index contributed by atoms with van der Waals surface area (Å²) in [7, 11) is -3.12. The Morgan fingerprint density at radius 1 is 1.16 bits per heavy atom. The van der Waals surface area contributed by atoms with Crippen LogP contribution < -0.4 is 4.74 Å². The van der Waals surface area contributed by atoms with Gasteiger partial charge in [0, 0.05) is 32.7 Å². The highest BCUT2D eigenvalue weighted by Gasteiger charge is 2.25. The van der Waals surface area contributed by atoms with Gasteiger partial charge in [0.05, 0.1) is 6.26 Å². The molecular formula is C18H30N2O4S. The highest BCUT2D eigenvalue weighted by Crippen LogP contribution is 2.30. The summed E-state index contributed by atoms with van der Waals surface area (Å²) >= 11 is 0. The van der Waals surface area contributed by atoms with Crippen molar-refractivity contribution in [2.45, 2.75) is 32.3 Å². The molecule has 0 saturated carbocycles. The number of piperazine rings is 1. The maximum atomic E-state index is 11.5. The molecule has 1 aromatic rings. The highest BCUT2D eigenvalue weighted by atomic mass is 32.2. The van der Waals surface area contributed by atoms with E-state index >= 15 is 0 Å². The predicted molar refractivity (Wildman–Crippen MR) is 99.5 cm³/mol. The van der Waals surface area contributed by atoms with Gasteiger partial charge in [0.2, 0.25) is 10.0 Å². The highest BCUT2D eigenvalue weighted by molar-refractivity contribution is 7.88. The fraction of sp³-hybridized carbons (Fsp3) is 0.667. The van der Waals surface area contributed by atoms with Crippen molar-refractivity contribution in [1.29, 1.82) is 0 Å². The maximum absolute atomic E-state index is 11.5. The normalized spacial score (nSPS) is 18.9. The molecule has 0 spiro atoms. The molecule has 2 rings (SSSR count). The lowest BCUT2D eigenvalue weighted by atomic mass is 9.86. The molecule has 1 saturated heterocycles. The molecule has 0 unspecified atom stereocenters. The van der Waals surface area contributed by atoms with Crippen molar-refractivity contribution < 1.29 is 18.3 Å². The minimum atomic E-state index is -3.12. The van der Waals surface area contributed by atoms with Crippen LogP contribution in [0, 0.1) is 0 Å². The quantitative estimate of drug-likeness (QED) is 0.817. The SMILES string of the molecule is CC(C)(C)c1ccccc1OC[C@@H](O)CN1CCN(S(C)(=O)=O)CC1. The molecule has 0 radical (unpaired) electrons. The second-order valence-electron chi connectivity index (χ2n) is 7.67. The van der Waals surface area contributed by atoms with Gasteiger partial charge in [-0.2, -0.15) is 4.31 Å². The van der Waals surface area contributed by atoms with Crippen molar-refractivity contribution in [3.8, 4) is 5.75 Å². The van der Waals surface area contributed by atoms with Crippen LogP contribution in [-0.2, 0) is 15.4 Å². The van der Waals surface area contributed by atoms with Gasteiger partial charge < -0.3 is 9.84 Å². The number of para-hydroxylation sites is 1. The summed E-state index contributed by atoms with van der Waals surface area (Å²) in [6, 6.07) is 7.90. The molecule has 1 aromatic carbocycles. The van der Waals surface area contributed by atoms with Crippen LogP contribution in [0.1, 0.15) is 26.3 Å². The van der Waals surface area contributed by atoms with E-state index < -0.39 is 16.1 Å². The van der Waals surface area contributed by atoms with Crippen LogP contribution in [-0.4, -0.2) is 74.4 Å². The Balaban J connectivity index is 1.84. The van der Waals surface area contributed by atoms with Crippen LogP contribution in [0.15, 0.2) is 24.3 Å². The second-order valence-corrected chi connectivity index (χ2v) is 9.66. The van der Waals surface area contributed by atoms with E-state index in [9.17, 15) is 13.5 Å². The van der Waals surface area contributed by atoms with Crippen LogP contribution in [0.25, 0.3) is 0 Å². The van der Waals surface area contributed by atoms with Gasteiger partial charge in [-0.05, 0) is 17.0 Å². The third-order valence-electron chi connectivity index (χ3n) is 4.40. The van der Waals surface area contributed by atoms with Crippen molar-refractivity contribution in [2.75, 3.05) is 45.6 Å². The van der Waals surface area contributed by atoms with Gasteiger partial charge in [0.25, 0.3) is 0 Å². The number of benzene rings is 1. The Hall–Kier alpha value is -1.15. The smallest absolute Gasteiger partial charge is 0.211 e. The molecule has 1 fully saturated rings. The first-order valence-corrected chi connectivity index (χ1v) is 10.5. The van der Waals surface area contributed by atoms with Gasteiger partial charge in [-0.15, -0.1) is 0 Å². The van der Waals surface area contributed by atoms with E-state index in [1.807, 2.05) is 24.3 Å². The van der Waals surface area contributed by atoms with Gasteiger partial charge in [-0.3, -0.25) is 4.90 Å². The molecule has 142 valence electrons. The number of nitrogens with zero attached hydrogens (tertiary/aromatic N) is 2.